The second-order valence-corrected chi connectivity index (χ2v) is 8.88. The molecular weight excluding hydrogens is 442 g/mol. The van der Waals surface area contributed by atoms with Crippen molar-refractivity contribution in [1.82, 2.24) is 5.32 Å². The van der Waals surface area contributed by atoms with Crippen LogP contribution in [0.15, 0.2) is 63.3 Å². The minimum atomic E-state index is -0.533. The molecular formula is C28H31N3O4. The van der Waals surface area contributed by atoms with E-state index in [2.05, 4.69) is 42.5 Å². The van der Waals surface area contributed by atoms with Gasteiger partial charge in [-0.15, -0.1) is 0 Å². The van der Waals surface area contributed by atoms with Crippen LogP contribution in [0.1, 0.15) is 56.7 Å². The number of carbonyl (C=O) groups excluding carboxylic acids is 2. The van der Waals surface area contributed by atoms with Crippen molar-refractivity contribution in [2.75, 3.05) is 11.9 Å². The van der Waals surface area contributed by atoms with Gasteiger partial charge in [-0.25, -0.2) is 9.79 Å². The zero-order valence-electron chi connectivity index (χ0n) is 20.8. The highest BCUT2D eigenvalue weighted by atomic mass is 16.5. The van der Waals surface area contributed by atoms with Crippen molar-refractivity contribution < 1.29 is 18.7 Å². The van der Waals surface area contributed by atoms with E-state index in [0.29, 0.717) is 23.7 Å². The van der Waals surface area contributed by atoms with E-state index >= 15 is 0 Å². The van der Waals surface area contributed by atoms with Gasteiger partial charge in [-0.3, -0.25) is 4.79 Å². The van der Waals surface area contributed by atoms with E-state index in [-0.39, 0.29) is 30.3 Å². The number of rotatable bonds is 6. The van der Waals surface area contributed by atoms with Gasteiger partial charge in [-0.2, -0.15) is 0 Å². The van der Waals surface area contributed by atoms with Crippen molar-refractivity contribution in [3.05, 3.63) is 70.6 Å². The van der Waals surface area contributed by atoms with Crippen molar-refractivity contribution in [2.24, 2.45) is 4.99 Å². The van der Waals surface area contributed by atoms with Crippen molar-refractivity contribution in [3.8, 4) is 0 Å². The van der Waals surface area contributed by atoms with E-state index in [1.807, 2.05) is 37.3 Å². The van der Waals surface area contributed by atoms with Crippen LogP contribution in [0.4, 0.5) is 11.4 Å². The quantitative estimate of drug-likeness (QED) is 0.435. The zero-order chi connectivity index (χ0) is 25.1. The third-order valence-corrected chi connectivity index (χ3v) is 6.07. The number of nitrogens with one attached hydrogen (secondary N) is 2. The highest BCUT2D eigenvalue weighted by Crippen LogP contribution is 2.32. The van der Waals surface area contributed by atoms with Crippen molar-refractivity contribution >= 4 is 40.1 Å². The Morgan fingerprint density at radius 3 is 2.66 bits per heavy atom. The van der Waals surface area contributed by atoms with Gasteiger partial charge < -0.3 is 19.8 Å². The summed E-state index contributed by atoms with van der Waals surface area (Å²) in [7, 11) is 0. The first kappa shape index (κ1) is 24.3. The van der Waals surface area contributed by atoms with Crippen LogP contribution in [0.3, 0.4) is 0 Å². The highest BCUT2D eigenvalue weighted by Gasteiger charge is 2.27. The predicted molar refractivity (Wildman–Crippen MR) is 138 cm³/mol. The SMILES string of the molecule is CCOC(=O)C1=C(CC)Nc2ccccc2N=C1NC(=O)Cc1coc2cc(C)c(C(C)C)cc12. The molecule has 35 heavy (non-hydrogen) atoms. The van der Waals surface area contributed by atoms with Gasteiger partial charge in [0.2, 0.25) is 5.91 Å². The first-order chi connectivity index (χ1) is 16.8. The zero-order valence-corrected chi connectivity index (χ0v) is 20.8. The number of aliphatic imine (C=N–C) groups is 1. The molecule has 0 aliphatic carbocycles. The molecule has 0 saturated heterocycles. The van der Waals surface area contributed by atoms with Gasteiger partial charge in [0.1, 0.15) is 17.0 Å². The number of amidine groups is 1. The van der Waals surface area contributed by atoms with Crippen LogP contribution in [0, 0.1) is 6.92 Å². The number of para-hydroxylation sites is 2. The Balaban J connectivity index is 1.69. The Labute approximate surface area is 205 Å². The Hall–Kier alpha value is -3.87. The van der Waals surface area contributed by atoms with E-state index in [4.69, 9.17) is 9.15 Å². The number of esters is 1. The number of benzene rings is 2. The number of aryl methyl sites for hydroxylation is 1. The minimum Gasteiger partial charge on any atom is -0.464 e. The third kappa shape index (κ3) is 4.99. The Bertz CT molecular complexity index is 1350. The second-order valence-electron chi connectivity index (χ2n) is 8.88. The van der Waals surface area contributed by atoms with Crippen LogP contribution in [-0.2, 0) is 20.7 Å². The van der Waals surface area contributed by atoms with E-state index in [1.54, 1.807) is 13.2 Å². The first-order valence-electron chi connectivity index (χ1n) is 12.0. The molecule has 4 rings (SSSR count). The summed E-state index contributed by atoms with van der Waals surface area (Å²) in [4.78, 5) is 30.8. The standard InChI is InChI=1S/C28H31N3O4/c1-6-21-26(28(33)34-7-2)27(30-23-11-9-8-10-22(23)29-21)31-25(32)13-18-15-35-24-12-17(5)19(16(3)4)14-20(18)24/h8-12,14-16,29H,6-7,13H2,1-5H3,(H,30,31,32). The highest BCUT2D eigenvalue weighted by molar-refractivity contribution is 6.24. The van der Waals surface area contributed by atoms with Crippen LogP contribution < -0.4 is 10.6 Å². The molecule has 7 nitrogen and oxygen atoms in total. The van der Waals surface area contributed by atoms with E-state index < -0.39 is 5.97 Å². The minimum absolute atomic E-state index is 0.0826. The van der Waals surface area contributed by atoms with Gasteiger partial charge in [-0.1, -0.05) is 32.9 Å². The maximum atomic E-state index is 13.2. The largest absolute Gasteiger partial charge is 0.464 e. The lowest BCUT2D eigenvalue weighted by Crippen LogP contribution is -2.36. The molecule has 2 aromatic carbocycles. The normalized spacial score (nSPS) is 13.3. The number of nitrogens with zero attached hydrogens (tertiary/aromatic N) is 1. The van der Waals surface area contributed by atoms with E-state index in [0.717, 1.165) is 27.8 Å². The van der Waals surface area contributed by atoms with Crippen LogP contribution in [0.5, 0.6) is 0 Å². The second kappa shape index (κ2) is 10.2. The smallest absolute Gasteiger partial charge is 0.343 e. The summed E-state index contributed by atoms with van der Waals surface area (Å²) in [5, 5.41) is 7.08. The summed E-state index contributed by atoms with van der Waals surface area (Å²) in [5.41, 5.74) is 6.16. The molecule has 2 N–H and O–H groups in total. The fourth-order valence-electron chi connectivity index (χ4n) is 4.35. The number of ether oxygens (including phenoxy) is 1. The van der Waals surface area contributed by atoms with E-state index in [9.17, 15) is 9.59 Å². The molecule has 1 amide bonds. The van der Waals surface area contributed by atoms with Crippen molar-refractivity contribution in [1.29, 1.82) is 0 Å². The van der Waals surface area contributed by atoms with Gasteiger partial charge >= 0.3 is 5.97 Å². The molecule has 0 spiro atoms. The summed E-state index contributed by atoms with van der Waals surface area (Å²) in [6.07, 6.45) is 2.24. The average molecular weight is 474 g/mol. The first-order valence-corrected chi connectivity index (χ1v) is 12.0. The number of hydrogen-bond donors (Lipinski definition) is 2. The lowest BCUT2D eigenvalue weighted by atomic mass is 9.95. The molecule has 1 aromatic heterocycles. The molecule has 0 atom stereocenters. The van der Waals surface area contributed by atoms with Crippen LogP contribution in [0.2, 0.25) is 0 Å². The number of amides is 1. The lowest BCUT2D eigenvalue weighted by molar-refractivity contribution is -0.137. The number of anilines is 1. The van der Waals surface area contributed by atoms with Gasteiger partial charge in [-0.05, 0) is 61.6 Å². The number of furan rings is 1. The number of fused-ring (bicyclic) bond motifs is 2. The molecule has 7 heteroatoms. The van der Waals surface area contributed by atoms with Gasteiger partial charge in [0.25, 0.3) is 0 Å². The molecule has 1 aliphatic rings. The molecule has 0 unspecified atom stereocenters. The van der Waals surface area contributed by atoms with Crippen LogP contribution >= 0.6 is 0 Å². The van der Waals surface area contributed by atoms with Gasteiger partial charge in [0, 0.05) is 16.6 Å². The third-order valence-electron chi connectivity index (χ3n) is 6.07. The topological polar surface area (TPSA) is 92.9 Å². The summed E-state index contributed by atoms with van der Waals surface area (Å²) < 4.78 is 11.1. The molecule has 0 bridgehead atoms. The fourth-order valence-corrected chi connectivity index (χ4v) is 4.35. The monoisotopic (exact) mass is 473 g/mol. The predicted octanol–water partition coefficient (Wildman–Crippen LogP) is 5.91. The summed E-state index contributed by atoms with van der Waals surface area (Å²) in [6.45, 7) is 10.2. The van der Waals surface area contributed by atoms with E-state index in [1.165, 1.54) is 5.56 Å². The van der Waals surface area contributed by atoms with Crippen LogP contribution in [-0.4, -0.2) is 24.3 Å². The summed E-state index contributed by atoms with van der Waals surface area (Å²) in [5.74, 6) is -0.299. The van der Waals surface area contributed by atoms with Crippen molar-refractivity contribution in [2.45, 2.75) is 53.4 Å². The molecule has 2 heterocycles. The molecule has 3 aromatic rings. The number of carbonyl (C=O) groups is 2. The maximum Gasteiger partial charge on any atom is 0.343 e. The fraction of sp³-hybridized carbons (Fsp3) is 0.321. The lowest BCUT2D eigenvalue weighted by Gasteiger charge is -2.15. The summed E-state index contributed by atoms with van der Waals surface area (Å²) in [6, 6.07) is 11.6. The number of allylic oxidation sites excluding steroid dienone is 1. The average Bonchev–Trinajstić information content (AvgIpc) is 3.11. The van der Waals surface area contributed by atoms with Crippen molar-refractivity contribution in [3.63, 3.8) is 0 Å². The number of hydrogen-bond acceptors (Lipinski definition) is 6. The van der Waals surface area contributed by atoms with Crippen LogP contribution in [0.25, 0.3) is 11.0 Å². The maximum absolute atomic E-state index is 13.2. The van der Waals surface area contributed by atoms with Gasteiger partial charge in [0.15, 0.2) is 0 Å². The Morgan fingerprint density at radius 1 is 1.17 bits per heavy atom. The molecule has 0 saturated carbocycles. The molecule has 0 fully saturated rings. The Morgan fingerprint density at radius 2 is 1.94 bits per heavy atom. The molecule has 182 valence electrons. The van der Waals surface area contributed by atoms with Gasteiger partial charge in [0.05, 0.1) is 30.7 Å². The molecule has 1 aliphatic heterocycles. The summed E-state index contributed by atoms with van der Waals surface area (Å²) >= 11 is 0. The Kier molecular flexibility index (Phi) is 7.05. The molecule has 0 radical (unpaired) electrons.